The molecule has 0 bridgehead atoms. The van der Waals surface area contributed by atoms with Gasteiger partial charge in [0.2, 0.25) is 11.8 Å². The quantitative estimate of drug-likeness (QED) is 0.263. The second kappa shape index (κ2) is 12.2. The summed E-state index contributed by atoms with van der Waals surface area (Å²) in [6, 6.07) is 15.7. The topological polar surface area (TPSA) is 99.7 Å². The molecule has 0 spiro atoms. The van der Waals surface area contributed by atoms with Crippen molar-refractivity contribution in [2.24, 2.45) is 5.92 Å². The highest BCUT2D eigenvalue weighted by atomic mass is 19.4. The van der Waals surface area contributed by atoms with Crippen molar-refractivity contribution < 1.29 is 27.5 Å². The van der Waals surface area contributed by atoms with E-state index in [4.69, 9.17) is 4.74 Å². The third-order valence-electron chi connectivity index (χ3n) is 7.82. The first-order valence-electron chi connectivity index (χ1n) is 14.4. The summed E-state index contributed by atoms with van der Waals surface area (Å²) in [6.45, 7) is 3.18. The molecule has 9 nitrogen and oxygen atoms in total. The van der Waals surface area contributed by atoms with E-state index in [9.17, 15) is 22.8 Å². The molecule has 1 aliphatic heterocycles. The van der Waals surface area contributed by atoms with Gasteiger partial charge in [-0.1, -0.05) is 18.2 Å². The van der Waals surface area contributed by atoms with Gasteiger partial charge < -0.3 is 20.3 Å². The van der Waals surface area contributed by atoms with E-state index in [0.29, 0.717) is 41.0 Å². The molecular weight excluding hydrogens is 573 g/mol. The highest BCUT2D eigenvalue weighted by molar-refractivity contribution is 6.13. The lowest BCUT2D eigenvalue weighted by Gasteiger charge is -2.33. The predicted octanol–water partition coefficient (Wildman–Crippen LogP) is 5.79. The van der Waals surface area contributed by atoms with Gasteiger partial charge in [0.05, 0.1) is 5.56 Å². The molecule has 12 heteroatoms. The van der Waals surface area contributed by atoms with Crippen LogP contribution < -0.4 is 15.4 Å². The number of halogens is 3. The molecule has 1 aromatic heterocycles. The number of rotatable bonds is 8. The van der Waals surface area contributed by atoms with Gasteiger partial charge >= 0.3 is 6.18 Å². The van der Waals surface area contributed by atoms with Gasteiger partial charge in [0.1, 0.15) is 17.9 Å². The van der Waals surface area contributed by atoms with Crippen molar-refractivity contribution in [3.63, 3.8) is 0 Å². The number of likely N-dealkylation sites (N-methyl/N-ethyl adjacent to an activating group) is 1. The molecule has 44 heavy (non-hydrogen) atoms. The lowest BCUT2D eigenvalue weighted by atomic mass is 10.0. The third kappa shape index (κ3) is 6.98. The minimum atomic E-state index is -4.56. The number of anilines is 2. The normalized spacial score (nSPS) is 16.1. The first kappa shape index (κ1) is 29.5. The molecule has 228 valence electrons. The number of benzene rings is 3. The van der Waals surface area contributed by atoms with E-state index in [1.807, 2.05) is 11.9 Å². The maximum Gasteiger partial charge on any atom is 0.416 e. The van der Waals surface area contributed by atoms with Gasteiger partial charge in [0, 0.05) is 56.0 Å². The number of nitrogens with one attached hydrogen (secondary N) is 2. The third-order valence-corrected chi connectivity index (χ3v) is 7.82. The molecular formula is C32H31F3N6O3. The van der Waals surface area contributed by atoms with E-state index in [2.05, 4.69) is 25.5 Å². The second-order valence-electron chi connectivity index (χ2n) is 11.2. The van der Waals surface area contributed by atoms with E-state index < -0.39 is 17.6 Å². The number of ether oxygens (including phenoxy) is 1. The molecule has 1 saturated carbocycles. The lowest BCUT2D eigenvalue weighted by Crippen LogP contribution is -2.44. The van der Waals surface area contributed by atoms with E-state index >= 15 is 0 Å². The number of nitrogens with zero attached hydrogens (tertiary/aromatic N) is 4. The number of aromatic nitrogens is 2. The maximum atomic E-state index is 14.0. The highest BCUT2D eigenvalue weighted by Gasteiger charge is 2.34. The Morgan fingerprint density at radius 2 is 1.75 bits per heavy atom. The van der Waals surface area contributed by atoms with Crippen LogP contribution in [0.1, 0.15) is 34.3 Å². The fourth-order valence-electron chi connectivity index (χ4n) is 5.18. The van der Waals surface area contributed by atoms with Gasteiger partial charge in [-0.3, -0.25) is 14.5 Å². The molecule has 0 unspecified atom stereocenters. The van der Waals surface area contributed by atoms with Crippen molar-refractivity contribution in [1.29, 1.82) is 0 Å². The summed E-state index contributed by atoms with van der Waals surface area (Å²) in [5, 5.41) is 6.68. The number of amides is 2. The van der Waals surface area contributed by atoms with Crippen LogP contribution in [-0.4, -0.2) is 64.8 Å². The van der Waals surface area contributed by atoms with Crippen molar-refractivity contribution in [3.05, 3.63) is 83.7 Å². The average molecular weight is 605 g/mol. The molecule has 3 aromatic carbocycles. The van der Waals surface area contributed by atoms with Crippen molar-refractivity contribution >= 4 is 34.1 Å². The first-order chi connectivity index (χ1) is 21.1. The number of hydrogen-bond acceptors (Lipinski definition) is 7. The Bertz CT molecular complexity index is 1700. The van der Waals surface area contributed by atoms with Crippen LogP contribution in [0.4, 0.5) is 24.7 Å². The molecule has 2 fully saturated rings. The number of alkyl halides is 3. The molecule has 6 rings (SSSR count). The molecule has 2 heterocycles. The Morgan fingerprint density at radius 1 is 0.955 bits per heavy atom. The van der Waals surface area contributed by atoms with Crippen LogP contribution in [-0.2, 0) is 17.5 Å². The predicted molar refractivity (Wildman–Crippen MR) is 160 cm³/mol. The summed E-state index contributed by atoms with van der Waals surface area (Å²) in [7, 11) is 1.99. The Morgan fingerprint density at radius 3 is 2.50 bits per heavy atom. The Hall–Kier alpha value is -4.55. The molecule has 2 N–H and O–H groups in total. The van der Waals surface area contributed by atoms with Crippen molar-refractivity contribution in [1.82, 2.24) is 19.8 Å². The summed E-state index contributed by atoms with van der Waals surface area (Å²) in [4.78, 5) is 37.7. The van der Waals surface area contributed by atoms with Gasteiger partial charge in [-0.15, -0.1) is 0 Å². The smallest absolute Gasteiger partial charge is 0.416 e. The lowest BCUT2D eigenvalue weighted by molar-refractivity contribution is -0.138. The maximum absolute atomic E-state index is 14.0. The zero-order chi connectivity index (χ0) is 30.8. The minimum Gasteiger partial charge on any atom is -0.439 e. The molecule has 1 saturated heterocycles. The summed E-state index contributed by atoms with van der Waals surface area (Å²) in [5.41, 5.74) is -0.209. The van der Waals surface area contributed by atoms with Gasteiger partial charge in [0.25, 0.3) is 5.91 Å². The van der Waals surface area contributed by atoms with Crippen molar-refractivity contribution in [2.75, 3.05) is 43.9 Å². The molecule has 4 aromatic rings. The number of fused-ring (bicyclic) bond motifs is 1. The Balaban J connectivity index is 1.17. The summed E-state index contributed by atoms with van der Waals surface area (Å²) < 4.78 is 48.0. The molecule has 0 radical (unpaired) electrons. The molecule has 2 aliphatic rings. The number of hydrogen-bond donors (Lipinski definition) is 2. The summed E-state index contributed by atoms with van der Waals surface area (Å²) in [5.74, 6) is 0.431. The van der Waals surface area contributed by atoms with Crippen LogP contribution in [0, 0.1) is 5.92 Å². The van der Waals surface area contributed by atoms with Gasteiger partial charge in [-0.25, -0.2) is 9.97 Å². The standard InChI is InChI=1S/C32H31F3N6O3/c1-40-11-13-41(14-12-40)18-22-7-8-23(16-27(22)32(33,34)35)38-31(43)26-4-2-3-21-15-24(9-10-25(21)26)44-29-17-28(36-19-37-29)39-30(42)20-5-6-20/h2-4,7-10,15-17,19-20H,5-6,11-14,18H2,1H3,(H,38,43)(H,36,37,39,42). The van der Waals surface area contributed by atoms with E-state index in [0.717, 1.165) is 32.0 Å². The fourth-order valence-corrected chi connectivity index (χ4v) is 5.18. The van der Waals surface area contributed by atoms with Crippen LogP contribution >= 0.6 is 0 Å². The van der Waals surface area contributed by atoms with Gasteiger partial charge in [-0.05, 0) is 72.6 Å². The minimum absolute atomic E-state index is 0.0273. The molecule has 1 aliphatic carbocycles. The second-order valence-corrected chi connectivity index (χ2v) is 11.2. The SMILES string of the molecule is CN1CCN(Cc2ccc(NC(=O)c3cccc4cc(Oc5cc(NC(=O)C6CC6)ncn5)ccc34)cc2C(F)(F)F)CC1. The van der Waals surface area contributed by atoms with Crippen molar-refractivity contribution in [2.45, 2.75) is 25.6 Å². The number of carbonyl (C=O) groups is 2. The summed E-state index contributed by atoms with van der Waals surface area (Å²) >= 11 is 0. The van der Waals surface area contributed by atoms with Crippen LogP contribution in [0.5, 0.6) is 11.6 Å². The fraction of sp³-hybridized carbons (Fsp3) is 0.312. The van der Waals surface area contributed by atoms with E-state index in [-0.39, 0.29) is 35.5 Å². The monoisotopic (exact) mass is 604 g/mol. The van der Waals surface area contributed by atoms with Crippen LogP contribution in [0.3, 0.4) is 0 Å². The number of piperazine rings is 1. The zero-order valence-corrected chi connectivity index (χ0v) is 24.0. The van der Waals surface area contributed by atoms with E-state index in [1.54, 1.807) is 36.4 Å². The first-order valence-corrected chi connectivity index (χ1v) is 14.4. The Kier molecular flexibility index (Phi) is 8.19. The van der Waals surface area contributed by atoms with E-state index in [1.165, 1.54) is 24.5 Å². The van der Waals surface area contributed by atoms with Crippen molar-refractivity contribution in [3.8, 4) is 11.6 Å². The number of carbonyl (C=O) groups excluding carboxylic acids is 2. The largest absolute Gasteiger partial charge is 0.439 e. The van der Waals surface area contributed by atoms with Crippen LogP contribution in [0.15, 0.2) is 67.0 Å². The molecule has 2 amide bonds. The van der Waals surface area contributed by atoms with Gasteiger partial charge in [0.15, 0.2) is 0 Å². The summed E-state index contributed by atoms with van der Waals surface area (Å²) in [6.07, 6.45) is -1.53. The van der Waals surface area contributed by atoms with Crippen LogP contribution in [0.2, 0.25) is 0 Å². The Labute approximate surface area is 252 Å². The molecule has 0 atom stereocenters. The highest BCUT2D eigenvalue weighted by Crippen LogP contribution is 2.35. The van der Waals surface area contributed by atoms with Gasteiger partial charge in [-0.2, -0.15) is 13.2 Å². The average Bonchev–Trinajstić information content (AvgIpc) is 3.84. The van der Waals surface area contributed by atoms with Crippen LogP contribution in [0.25, 0.3) is 10.8 Å². The zero-order valence-electron chi connectivity index (χ0n) is 24.0.